The molecular weight excluding hydrogens is 354 g/mol. The second-order valence-electron chi connectivity index (χ2n) is 6.96. The number of rotatable bonds is 8. The molecule has 2 atom stereocenters. The third-order valence-corrected chi connectivity index (χ3v) is 4.21. The molecule has 1 rings (SSSR count). The largest absolute Gasteiger partial charge is 0.388 e. The lowest BCUT2D eigenvalue weighted by Crippen LogP contribution is -2.13. The van der Waals surface area contributed by atoms with Gasteiger partial charge in [-0.2, -0.15) is 4.84 Å². The van der Waals surface area contributed by atoms with Crippen LogP contribution in [0.25, 0.3) is 0 Å². The summed E-state index contributed by atoms with van der Waals surface area (Å²) in [6.45, 7) is 3.41. The van der Waals surface area contributed by atoms with Crippen molar-refractivity contribution in [3.05, 3.63) is 24.3 Å². The Morgan fingerprint density at radius 3 is 2.75 bits per heavy atom. The molecule has 1 aliphatic rings. The first kappa shape index (κ1) is 23.7. The number of nitrogens with zero attached hydrogens (tertiary/aromatic N) is 1. The Labute approximate surface area is 168 Å². The molecule has 0 aromatic heterocycles. The number of hydrogen-bond donors (Lipinski definition) is 2. The third kappa shape index (κ3) is 12.9. The van der Waals surface area contributed by atoms with E-state index in [1.807, 2.05) is 0 Å². The number of carbonyl (C=O) groups is 1. The van der Waals surface area contributed by atoms with Gasteiger partial charge in [-0.1, -0.05) is 61.2 Å². The fraction of sp³-hybridized carbons (Fsp3) is 0.565. The number of allylic oxidation sites excluding steroid dienone is 3. The first-order valence-corrected chi connectivity index (χ1v) is 9.91. The third-order valence-electron chi connectivity index (χ3n) is 4.21. The van der Waals surface area contributed by atoms with Crippen LogP contribution in [0.2, 0.25) is 0 Å². The van der Waals surface area contributed by atoms with Crippen LogP contribution < -0.4 is 0 Å². The number of aliphatic hydroxyl groups is 2. The normalized spacial score (nSPS) is 16.7. The van der Waals surface area contributed by atoms with Crippen LogP contribution in [0.4, 0.5) is 0 Å². The summed E-state index contributed by atoms with van der Waals surface area (Å²) in [4.78, 5) is 16.0. The Morgan fingerprint density at radius 1 is 1.29 bits per heavy atom. The summed E-state index contributed by atoms with van der Waals surface area (Å²) in [6.07, 6.45) is 13.1. The van der Waals surface area contributed by atoms with Crippen molar-refractivity contribution in [1.82, 2.24) is 0 Å². The molecule has 0 heterocycles. The zero-order valence-corrected chi connectivity index (χ0v) is 16.8. The molecule has 0 aliphatic heterocycles. The molecule has 1 saturated carbocycles. The monoisotopic (exact) mass is 386 g/mol. The van der Waals surface area contributed by atoms with Crippen LogP contribution >= 0.6 is 0 Å². The van der Waals surface area contributed by atoms with E-state index in [4.69, 9.17) is 4.84 Å². The maximum atomic E-state index is 11.3. The second-order valence-corrected chi connectivity index (χ2v) is 6.96. The van der Waals surface area contributed by atoms with Crippen LogP contribution in [0.5, 0.6) is 0 Å². The smallest absolute Gasteiger partial charge is 0.379 e. The quantitative estimate of drug-likeness (QED) is 0.168. The minimum atomic E-state index is -0.792. The van der Waals surface area contributed by atoms with Gasteiger partial charge in [0.15, 0.2) is 13.8 Å². The van der Waals surface area contributed by atoms with E-state index in [0.29, 0.717) is 25.2 Å². The molecule has 0 aromatic rings. The van der Waals surface area contributed by atoms with Crippen molar-refractivity contribution in [1.29, 1.82) is 0 Å². The van der Waals surface area contributed by atoms with Crippen molar-refractivity contribution in [2.45, 2.75) is 70.0 Å². The summed E-state index contributed by atoms with van der Waals surface area (Å²) in [6, 6.07) is 0. The topological polar surface area (TPSA) is 69.8 Å². The van der Waals surface area contributed by atoms with Crippen LogP contribution in [0.3, 0.4) is 0 Å². The van der Waals surface area contributed by atoms with Gasteiger partial charge in [-0.15, -0.1) is 0 Å². The van der Waals surface area contributed by atoms with Crippen molar-refractivity contribution in [3.63, 3.8) is 0 Å². The van der Waals surface area contributed by atoms with Crippen molar-refractivity contribution >= 4 is 12.7 Å². The Balaban J connectivity index is 2.19. The number of hydrogen-bond acceptors (Lipinski definition) is 4. The fourth-order valence-corrected chi connectivity index (χ4v) is 2.79. The minimum absolute atomic E-state index is 0.207. The van der Waals surface area contributed by atoms with E-state index < -0.39 is 12.2 Å². The average molecular weight is 387 g/mol. The highest BCUT2D eigenvalue weighted by Crippen LogP contribution is 2.22. The van der Waals surface area contributed by atoms with Gasteiger partial charge in [-0.3, -0.25) is 0 Å². The molecule has 28 heavy (non-hydrogen) atoms. The van der Waals surface area contributed by atoms with Gasteiger partial charge < -0.3 is 10.2 Å². The molecule has 0 saturated heterocycles. The van der Waals surface area contributed by atoms with Gasteiger partial charge in [0.1, 0.15) is 6.10 Å². The zero-order valence-electron chi connectivity index (χ0n) is 16.8. The van der Waals surface area contributed by atoms with Gasteiger partial charge in [-0.05, 0) is 36.5 Å². The molecule has 0 bridgehead atoms. The molecular formula is C23H32NO4+. The molecule has 0 spiro atoms. The summed E-state index contributed by atoms with van der Waals surface area (Å²) < 4.78 is 1.09. The lowest BCUT2D eigenvalue weighted by molar-refractivity contribution is -0.735. The van der Waals surface area contributed by atoms with Gasteiger partial charge >= 0.3 is 5.97 Å². The summed E-state index contributed by atoms with van der Waals surface area (Å²) in [5.74, 6) is 11.9. The van der Waals surface area contributed by atoms with Gasteiger partial charge in [0.05, 0.1) is 12.5 Å². The van der Waals surface area contributed by atoms with Crippen molar-refractivity contribution in [3.8, 4) is 23.7 Å². The fourth-order valence-electron chi connectivity index (χ4n) is 2.79. The molecule has 152 valence electrons. The van der Waals surface area contributed by atoms with E-state index in [1.54, 1.807) is 24.3 Å². The predicted octanol–water partition coefficient (Wildman–Crippen LogP) is 2.77. The molecule has 1 aliphatic carbocycles. The van der Waals surface area contributed by atoms with E-state index in [0.717, 1.165) is 4.74 Å². The summed E-state index contributed by atoms with van der Waals surface area (Å²) in [5, 5.41) is 19.6. The molecule has 2 unspecified atom stereocenters. The molecule has 0 amide bonds. The van der Waals surface area contributed by atoms with Crippen LogP contribution in [0.1, 0.15) is 57.8 Å². The maximum Gasteiger partial charge on any atom is 0.379 e. The van der Waals surface area contributed by atoms with Crippen LogP contribution in [0.15, 0.2) is 24.3 Å². The lowest BCUT2D eigenvalue weighted by atomic mass is 9.90. The van der Waals surface area contributed by atoms with E-state index in [1.165, 1.54) is 39.2 Å². The number of hydroxylamine groups is 1. The molecule has 0 radical (unpaired) electrons. The highest BCUT2D eigenvalue weighted by atomic mass is 16.7. The summed E-state index contributed by atoms with van der Waals surface area (Å²) in [7, 11) is 1.53. The van der Waals surface area contributed by atoms with Crippen molar-refractivity contribution < 1.29 is 24.6 Å². The van der Waals surface area contributed by atoms with Gasteiger partial charge in [0.2, 0.25) is 0 Å². The lowest BCUT2D eigenvalue weighted by Gasteiger charge is -2.15. The Kier molecular flexibility index (Phi) is 12.4. The maximum absolute atomic E-state index is 11.3. The summed E-state index contributed by atoms with van der Waals surface area (Å²) >= 11 is 0. The standard InChI is InChI=1S/C23H32NO4/c1-24(2)28-23(27)19-11-18-22(26)16-9-4-3-8-15-21(25)17-10-14-20-12-6-5-7-13-20/h3-4,8,15,20-22,25-26H,1,5-7,11-13,17-19H2,2H3/q+1. The number of carbonyl (C=O) groups excluding carboxylic acids is 1. The van der Waals surface area contributed by atoms with Gasteiger partial charge in [0.25, 0.3) is 0 Å². The van der Waals surface area contributed by atoms with Crippen LogP contribution in [-0.4, -0.2) is 46.9 Å². The van der Waals surface area contributed by atoms with Crippen molar-refractivity contribution in [2.24, 2.45) is 5.92 Å². The van der Waals surface area contributed by atoms with E-state index >= 15 is 0 Å². The Bertz CT molecular complexity index is 666. The van der Waals surface area contributed by atoms with Crippen LogP contribution in [-0.2, 0) is 9.63 Å². The summed E-state index contributed by atoms with van der Waals surface area (Å²) in [5.41, 5.74) is 0. The minimum Gasteiger partial charge on any atom is -0.388 e. The molecule has 5 nitrogen and oxygen atoms in total. The van der Waals surface area contributed by atoms with E-state index in [2.05, 4.69) is 30.4 Å². The van der Waals surface area contributed by atoms with E-state index in [9.17, 15) is 15.0 Å². The Hall–Kier alpha value is -2.34. The highest BCUT2D eigenvalue weighted by molar-refractivity contribution is 5.68. The zero-order chi connectivity index (χ0) is 20.6. The number of aliphatic hydroxyl groups excluding tert-OH is 2. The molecule has 5 heteroatoms. The van der Waals surface area contributed by atoms with Crippen LogP contribution in [0, 0.1) is 29.6 Å². The first-order chi connectivity index (χ1) is 13.5. The second kappa shape index (κ2) is 14.7. The van der Waals surface area contributed by atoms with Gasteiger partial charge in [0, 0.05) is 12.3 Å². The average Bonchev–Trinajstić information content (AvgIpc) is 2.65. The van der Waals surface area contributed by atoms with Gasteiger partial charge in [-0.25, -0.2) is 4.79 Å². The molecule has 2 N–H and O–H groups in total. The first-order valence-electron chi connectivity index (χ1n) is 9.91. The SMILES string of the molecule is C=[N+](C)OC(=O)CCCC(O)C#CC=CC=CC(O)CC#CC1CCCCC1. The van der Waals surface area contributed by atoms with Crippen molar-refractivity contribution in [2.75, 3.05) is 7.05 Å². The molecule has 0 aromatic carbocycles. The Morgan fingerprint density at radius 2 is 2.04 bits per heavy atom. The highest BCUT2D eigenvalue weighted by Gasteiger charge is 2.10. The molecule has 1 fully saturated rings. The van der Waals surface area contributed by atoms with E-state index in [-0.39, 0.29) is 12.4 Å². The predicted molar refractivity (Wildman–Crippen MR) is 110 cm³/mol.